The number of fused-ring (bicyclic) bond motifs is 1. The molecule has 1 unspecified atom stereocenters. The van der Waals surface area contributed by atoms with Crippen LogP contribution in [0.15, 0.2) is 42.5 Å². The lowest BCUT2D eigenvalue weighted by Crippen LogP contribution is -2.16. The molecule has 2 aromatic carbocycles. The lowest BCUT2D eigenvalue weighted by molar-refractivity contribution is 0.171. The molecule has 0 fully saturated rings. The van der Waals surface area contributed by atoms with E-state index in [1.54, 1.807) is 12.1 Å². The number of para-hydroxylation sites is 1. The van der Waals surface area contributed by atoms with Crippen LogP contribution in [-0.2, 0) is 0 Å². The Kier molecular flexibility index (Phi) is 3.46. The van der Waals surface area contributed by atoms with Gasteiger partial charge in [-0.15, -0.1) is 0 Å². The summed E-state index contributed by atoms with van der Waals surface area (Å²) >= 11 is 0. The third-order valence-corrected chi connectivity index (χ3v) is 3.31. The monoisotopic (exact) mass is 273 g/mol. The molecule has 2 aromatic rings. The lowest BCUT2D eigenvalue weighted by Gasteiger charge is -2.21. The lowest BCUT2D eigenvalue weighted by atomic mass is 10.1. The molecule has 1 atom stereocenters. The molecular weight excluding hydrogens is 257 g/mol. The molecule has 1 aliphatic heterocycles. The van der Waals surface area contributed by atoms with E-state index in [0.29, 0.717) is 18.9 Å². The van der Waals surface area contributed by atoms with Crippen molar-refractivity contribution in [2.24, 2.45) is 0 Å². The van der Waals surface area contributed by atoms with Gasteiger partial charge in [-0.3, -0.25) is 0 Å². The number of nitrogens with one attached hydrogen (secondary N) is 1. The second-order valence-corrected chi connectivity index (χ2v) is 4.75. The average Bonchev–Trinajstić information content (AvgIpc) is 2.49. The fourth-order valence-corrected chi connectivity index (χ4v) is 2.22. The number of hydrogen-bond acceptors (Lipinski definition) is 3. The van der Waals surface area contributed by atoms with Gasteiger partial charge in [0.15, 0.2) is 11.5 Å². The van der Waals surface area contributed by atoms with Crippen molar-refractivity contribution in [3.63, 3.8) is 0 Å². The molecule has 0 saturated heterocycles. The van der Waals surface area contributed by atoms with Crippen molar-refractivity contribution >= 4 is 5.69 Å². The minimum atomic E-state index is -0.253. The number of rotatable bonds is 3. The second-order valence-electron chi connectivity index (χ2n) is 4.75. The van der Waals surface area contributed by atoms with E-state index in [0.717, 1.165) is 17.1 Å². The topological polar surface area (TPSA) is 30.5 Å². The molecule has 0 radical (unpaired) electrons. The molecule has 1 heterocycles. The minimum Gasteiger partial charge on any atom is -0.486 e. The quantitative estimate of drug-likeness (QED) is 0.923. The third kappa shape index (κ3) is 2.54. The SMILES string of the molecule is CC(Nc1ccccc1F)c1ccc2c(c1)OCCO2. The first kappa shape index (κ1) is 12.8. The Morgan fingerprint density at radius 2 is 1.80 bits per heavy atom. The largest absolute Gasteiger partial charge is 0.486 e. The van der Waals surface area contributed by atoms with Crippen LogP contribution in [-0.4, -0.2) is 13.2 Å². The summed E-state index contributed by atoms with van der Waals surface area (Å²) in [4.78, 5) is 0. The average molecular weight is 273 g/mol. The van der Waals surface area contributed by atoms with Gasteiger partial charge in [-0.1, -0.05) is 18.2 Å². The van der Waals surface area contributed by atoms with E-state index in [-0.39, 0.29) is 11.9 Å². The van der Waals surface area contributed by atoms with Crippen LogP contribution >= 0.6 is 0 Å². The van der Waals surface area contributed by atoms with Crippen LogP contribution in [0.4, 0.5) is 10.1 Å². The summed E-state index contributed by atoms with van der Waals surface area (Å²) < 4.78 is 24.7. The molecule has 1 N–H and O–H groups in total. The van der Waals surface area contributed by atoms with Crippen LogP contribution in [0, 0.1) is 5.82 Å². The van der Waals surface area contributed by atoms with Crippen molar-refractivity contribution in [1.82, 2.24) is 0 Å². The Morgan fingerprint density at radius 1 is 1.05 bits per heavy atom. The van der Waals surface area contributed by atoms with Crippen molar-refractivity contribution in [1.29, 1.82) is 0 Å². The van der Waals surface area contributed by atoms with Crippen molar-refractivity contribution in [2.45, 2.75) is 13.0 Å². The number of anilines is 1. The van der Waals surface area contributed by atoms with Gasteiger partial charge in [0.2, 0.25) is 0 Å². The van der Waals surface area contributed by atoms with Gasteiger partial charge in [0.25, 0.3) is 0 Å². The summed E-state index contributed by atoms with van der Waals surface area (Å²) in [5.74, 6) is 1.26. The zero-order valence-corrected chi connectivity index (χ0v) is 11.2. The van der Waals surface area contributed by atoms with E-state index in [1.165, 1.54) is 6.07 Å². The summed E-state index contributed by atoms with van der Waals surface area (Å²) in [5.41, 5.74) is 1.52. The first-order chi connectivity index (χ1) is 9.74. The zero-order valence-electron chi connectivity index (χ0n) is 11.2. The molecule has 20 heavy (non-hydrogen) atoms. The van der Waals surface area contributed by atoms with Crippen molar-refractivity contribution in [2.75, 3.05) is 18.5 Å². The van der Waals surface area contributed by atoms with Crippen LogP contribution in [0.25, 0.3) is 0 Å². The highest BCUT2D eigenvalue weighted by Crippen LogP contribution is 2.33. The summed E-state index contributed by atoms with van der Waals surface area (Å²) in [7, 11) is 0. The van der Waals surface area contributed by atoms with Crippen molar-refractivity contribution in [3.05, 3.63) is 53.8 Å². The van der Waals surface area contributed by atoms with Crippen molar-refractivity contribution in [3.8, 4) is 11.5 Å². The predicted molar refractivity (Wildman–Crippen MR) is 75.9 cm³/mol. The first-order valence-electron chi connectivity index (χ1n) is 6.64. The van der Waals surface area contributed by atoms with Gasteiger partial charge in [-0.25, -0.2) is 4.39 Å². The van der Waals surface area contributed by atoms with Gasteiger partial charge in [-0.05, 0) is 36.8 Å². The number of ether oxygens (including phenoxy) is 2. The summed E-state index contributed by atoms with van der Waals surface area (Å²) in [6, 6.07) is 12.4. The summed E-state index contributed by atoms with van der Waals surface area (Å²) in [5, 5.41) is 3.16. The number of halogens is 1. The van der Waals surface area contributed by atoms with E-state index in [2.05, 4.69) is 5.32 Å². The first-order valence-corrected chi connectivity index (χ1v) is 6.64. The molecule has 1 aliphatic rings. The van der Waals surface area contributed by atoms with Gasteiger partial charge in [-0.2, -0.15) is 0 Å². The molecule has 0 saturated carbocycles. The fourth-order valence-electron chi connectivity index (χ4n) is 2.22. The number of hydrogen-bond donors (Lipinski definition) is 1. The normalized spacial score (nSPS) is 14.7. The number of benzene rings is 2. The Hall–Kier alpha value is -2.23. The van der Waals surface area contributed by atoms with Crippen LogP contribution < -0.4 is 14.8 Å². The van der Waals surface area contributed by atoms with Crippen LogP contribution in [0.2, 0.25) is 0 Å². The standard InChI is InChI=1S/C16H16FNO2/c1-11(18-14-5-3-2-4-13(14)17)12-6-7-15-16(10-12)20-9-8-19-15/h2-7,10-11,18H,8-9H2,1H3. The Morgan fingerprint density at radius 3 is 2.60 bits per heavy atom. The maximum Gasteiger partial charge on any atom is 0.161 e. The van der Waals surface area contributed by atoms with E-state index in [1.807, 2.05) is 31.2 Å². The van der Waals surface area contributed by atoms with Crippen molar-refractivity contribution < 1.29 is 13.9 Å². The zero-order chi connectivity index (χ0) is 13.9. The molecule has 4 heteroatoms. The van der Waals surface area contributed by atoms with E-state index < -0.39 is 0 Å². The minimum absolute atomic E-state index is 0.0253. The molecule has 3 nitrogen and oxygen atoms in total. The third-order valence-electron chi connectivity index (χ3n) is 3.31. The van der Waals surface area contributed by atoms with Crippen LogP contribution in [0.1, 0.15) is 18.5 Å². The molecule has 0 bridgehead atoms. The molecule has 0 spiro atoms. The van der Waals surface area contributed by atoms with Gasteiger partial charge in [0.05, 0.1) is 5.69 Å². The van der Waals surface area contributed by atoms with E-state index >= 15 is 0 Å². The van der Waals surface area contributed by atoms with E-state index in [9.17, 15) is 4.39 Å². The molecule has 3 rings (SSSR count). The van der Waals surface area contributed by atoms with Crippen LogP contribution in [0.3, 0.4) is 0 Å². The van der Waals surface area contributed by atoms with Gasteiger partial charge >= 0.3 is 0 Å². The Balaban J connectivity index is 1.80. The fraction of sp³-hybridized carbons (Fsp3) is 0.250. The maximum absolute atomic E-state index is 13.6. The van der Waals surface area contributed by atoms with Gasteiger partial charge in [0, 0.05) is 6.04 Å². The Bertz CT molecular complexity index is 615. The Labute approximate surface area is 117 Å². The summed E-state index contributed by atoms with van der Waals surface area (Å²) in [6.07, 6.45) is 0. The maximum atomic E-state index is 13.6. The highest BCUT2D eigenvalue weighted by molar-refractivity contribution is 5.49. The highest BCUT2D eigenvalue weighted by Gasteiger charge is 2.15. The second kappa shape index (κ2) is 5.41. The van der Waals surface area contributed by atoms with Gasteiger partial charge < -0.3 is 14.8 Å². The van der Waals surface area contributed by atoms with Crippen LogP contribution in [0.5, 0.6) is 11.5 Å². The molecule has 0 aromatic heterocycles. The molecule has 0 amide bonds. The van der Waals surface area contributed by atoms with E-state index in [4.69, 9.17) is 9.47 Å². The molecule has 104 valence electrons. The van der Waals surface area contributed by atoms with Gasteiger partial charge in [0.1, 0.15) is 19.0 Å². The molecular formula is C16H16FNO2. The molecule has 0 aliphatic carbocycles. The smallest absolute Gasteiger partial charge is 0.161 e. The summed E-state index contributed by atoms with van der Waals surface area (Å²) in [6.45, 7) is 3.12. The highest BCUT2D eigenvalue weighted by atomic mass is 19.1. The predicted octanol–water partition coefficient (Wildman–Crippen LogP) is 3.77.